The van der Waals surface area contributed by atoms with Gasteiger partial charge in [0.25, 0.3) is 0 Å². The van der Waals surface area contributed by atoms with E-state index in [9.17, 15) is 9.59 Å². The molecule has 0 spiro atoms. The summed E-state index contributed by atoms with van der Waals surface area (Å²) in [5, 5.41) is 7.72. The van der Waals surface area contributed by atoms with Crippen molar-refractivity contribution in [3.05, 3.63) is 15.8 Å². The van der Waals surface area contributed by atoms with E-state index >= 15 is 0 Å². The number of methoxy groups -OCH3 is 1. The lowest BCUT2D eigenvalue weighted by atomic mass is 10.2. The number of rotatable bonds is 5. The summed E-state index contributed by atoms with van der Waals surface area (Å²) in [6, 6.07) is -0.116. The largest absolute Gasteiger partial charge is 0.465 e. The van der Waals surface area contributed by atoms with Gasteiger partial charge < -0.3 is 15.4 Å². The Bertz CT molecular complexity index is 468. The van der Waals surface area contributed by atoms with Crippen molar-refractivity contribution >= 4 is 28.9 Å². The van der Waals surface area contributed by atoms with Gasteiger partial charge in [0, 0.05) is 6.04 Å². The van der Waals surface area contributed by atoms with Crippen LogP contribution in [0.2, 0.25) is 0 Å². The van der Waals surface area contributed by atoms with Crippen LogP contribution in [-0.4, -0.2) is 31.1 Å². The number of anilines is 1. The minimum atomic E-state index is -0.433. The van der Waals surface area contributed by atoms with Crippen LogP contribution in [0.3, 0.4) is 0 Å². The molecule has 1 atom stereocenters. The number of carbonyl (C=O) groups excluding carboxylic acids is 2. The minimum absolute atomic E-state index is 0.166. The van der Waals surface area contributed by atoms with Crippen LogP contribution < -0.4 is 10.6 Å². The summed E-state index contributed by atoms with van der Waals surface area (Å²) < 4.78 is 4.70. The van der Waals surface area contributed by atoms with Crippen LogP contribution in [0.1, 0.15) is 36.0 Å². The van der Waals surface area contributed by atoms with E-state index in [0.717, 1.165) is 5.56 Å². The van der Waals surface area contributed by atoms with Gasteiger partial charge in [-0.15, -0.1) is 11.3 Å². The lowest BCUT2D eigenvalue weighted by Gasteiger charge is -2.17. The van der Waals surface area contributed by atoms with Crippen molar-refractivity contribution in [2.45, 2.75) is 39.8 Å². The van der Waals surface area contributed by atoms with Gasteiger partial charge in [0.05, 0.1) is 18.8 Å². The molecule has 0 saturated heterocycles. The van der Waals surface area contributed by atoms with Gasteiger partial charge in [0.1, 0.15) is 4.88 Å². The maximum atomic E-state index is 12.0. The smallest absolute Gasteiger partial charge is 0.350 e. The number of esters is 1. The number of aryl methyl sites for hydroxylation is 1. The molecule has 2 N–H and O–H groups in total. The number of ether oxygens (including phenoxy) is 1. The molecule has 0 fully saturated rings. The van der Waals surface area contributed by atoms with Crippen LogP contribution in [0.25, 0.3) is 0 Å². The van der Waals surface area contributed by atoms with Gasteiger partial charge in [-0.2, -0.15) is 0 Å². The zero-order valence-electron chi connectivity index (χ0n) is 11.9. The molecule has 5 nitrogen and oxygen atoms in total. The normalized spacial score (nSPS) is 12.3. The molecule has 1 amide bonds. The standard InChI is InChI=1S/C13H20N2O3S/c1-7(2)14-9(4)12(16)15-10-8(3)6-19-11(10)13(17)18-5/h6-7,9,14H,1-5H3,(H,15,16). The zero-order valence-corrected chi connectivity index (χ0v) is 12.7. The quantitative estimate of drug-likeness (QED) is 0.813. The average Bonchev–Trinajstić information content (AvgIpc) is 2.69. The second-order valence-electron chi connectivity index (χ2n) is 4.65. The Kier molecular flexibility index (Phi) is 5.50. The molecule has 1 aromatic heterocycles. The van der Waals surface area contributed by atoms with Crippen LogP contribution >= 0.6 is 11.3 Å². The van der Waals surface area contributed by atoms with Crippen molar-refractivity contribution in [3.8, 4) is 0 Å². The highest BCUT2D eigenvalue weighted by Crippen LogP contribution is 2.28. The Morgan fingerprint density at radius 2 is 1.95 bits per heavy atom. The summed E-state index contributed by atoms with van der Waals surface area (Å²) in [4.78, 5) is 24.1. The fourth-order valence-corrected chi connectivity index (χ4v) is 2.57. The molecule has 0 aromatic carbocycles. The number of amides is 1. The lowest BCUT2D eigenvalue weighted by molar-refractivity contribution is -0.117. The van der Waals surface area contributed by atoms with Crippen molar-refractivity contribution in [3.63, 3.8) is 0 Å². The van der Waals surface area contributed by atoms with Crippen LogP contribution in [-0.2, 0) is 9.53 Å². The van der Waals surface area contributed by atoms with Crippen molar-refractivity contribution in [1.29, 1.82) is 0 Å². The maximum absolute atomic E-state index is 12.0. The third-order valence-corrected chi connectivity index (χ3v) is 3.65. The Labute approximate surface area is 117 Å². The molecule has 1 heterocycles. The molecule has 1 rings (SSSR count). The molecule has 0 bridgehead atoms. The molecule has 0 aliphatic rings. The first-order valence-electron chi connectivity index (χ1n) is 6.10. The molecule has 0 radical (unpaired) electrons. The number of carbonyl (C=O) groups is 2. The number of hydrogen-bond acceptors (Lipinski definition) is 5. The van der Waals surface area contributed by atoms with Gasteiger partial charge in [-0.3, -0.25) is 4.79 Å². The summed E-state index contributed by atoms with van der Waals surface area (Å²) >= 11 is 1.27. The first kappa shape index (κ1) is 15.7. The van der Waals surface area contributed by atoms with E-state index in [1.807, 2.05) is 26.2 Å². The molecule has 0 aliphatic carbocycles. The summed E-state index contributed by atoms with van der Waals surface area (Å²) in [5.74, 6) is -0.599. The van der Waals surface area contributed by atoms with Gasteiger partial charge in [0.2, 0.25) is 5.91 Å². The molecular weight excluding hydrogens is 264 g/mol. The molecule has 106 valence electrons. The third-order valence-electron chi connectivity index (χ3n) is 2.57. The Hall–Kier alpha value is -1.40. The van der Waals surface area contributed by atoms with Crippen molar-refractivity contribution in [1.82, 2.24) is 5.32 Å². The fourth-order valence-electron chi connectivity index (χ4n) is 1.65. The van der Waals surface area contributed by atoms with E-state index in [2.05, 4.69) is 10.6 Å². The van der Waals surface area contributed by atoms with E-state index in [0.29, 0.717) is 10.6 Å². The fraction of sp³-hybridized carbons (Fsp3) is 0.538. The molecule has 19 heavy (non-hydrogen) atoms. The highest BCUT2D eigenvalue weighted by Gasteiger charge is 2.21. The van der Waals surface area contributed by atoms with E-state index in [4.69, 9.17) is 4.74 Å². The highest BCUT2D eigenvalue weighted by atomic mass is 32.1. The second kappa shape index (κ2) is 6.68. The van der Waals surface area contributed by atoms with E-state index < -0.39 is 5.97 Å². The first-order valence-corrected chi connectivity index (χ1v) is 6.98. The number of thiophene rings is 1. The van der Waals surface area contributed by atoms with E-state index in [1.165, 1.54) is 18.4 Å². The lowest BCUT2D eigenvalue weighted by Crippen LogP contribution is -2.41. The minimum Gasteiger partial charge on any atom is -0.465 e. The van der Waals surface area contributed by atoms with Crippen LogP contribution in [0, 0.1) is 6.92 Å². The van der Waals surface area contributed by atoms with Crippen LogP contribution in [0.4, 0.5) is 5.69 Å². The average molecular weight is 284 g/mol. The third kappa shape index (κ3) is 4.04. The molecule has 0 aliphatic heterocycles. The summed E-state index contributed by atoms with van der Waals surface area (Å²) in [6.45, 7) is 7.58. The molecular formula is C13H20N2O3S. The van der Waals surface area contributed by atoms with E-state index in [-0.39, 0.29) is 18.0 Å². The predicted molar refractivity (Wildman–Crippen MR) is 76.8 cm³/mol. The molecule has 6 heteroatoms. The molecule has 1 aromatic rings. The number of hydrogen-bond donors (Lipinski definition) is 2. The topological polar surface area (TPSA) is 67.4 Å². The monoisotopic (exact) mass is 284 g/mol. The number of nitrogens with one attached hydrogen (secondary N) is 2. The summed E-state index contributed by atoms with van der Waals surface area (Å²) in [7, 11) is 1.33. The van der Waals surface area contributed by atoms with Crippen molar-refractivity contribution in [2.24, 2.45) is 0 Å². The molecule has 1 unspecified atom stereocenters. The summed E-state index contributed by atoms with van der Waals surface area (Å²) in [5.41, 5.74) is 1.40. The van der Waals surface area contributed by atoms with Crippen molar-refractivity contribution in [2.75, 3.05) is 12.4 Å². The predicted octanol–water partition coefficient (Wildman–Crippen LogP) is 2.17. The van der Waals surface area contributed by atoms with Crippen molar-refractivity contribution < 1.29 is 14.3 Å². The van der Waals surface area contributed by atoms with Gasteiger partial charge in [-0.05, 0) is 24.8 Å². The molecule has 0 saturated carbocycles. The van der Waals surface area contributed by atoms with Gasteiger partial charge in [-0.1, -0.05) is 13.8 Å². The SMILES string of the molecule is COC(=O)c1scc(C)c1NC(=O)C(C)NC(C)C. The van der Waals surface area contributed by atoms with E-state index in [1.54, 1.807) is 6.92 Å². The maximum Gasteiger partial charge on any atom is 0.350 e. The first-order chi connectivity index (χ1) is 8.86. The Morgan fingerprint density at radius 1 is 1.32 bits per heavy atom. The van der Waals surface area contributed by atoms with Crippen LogP contribution in [0.15, 0.2) is 5.38 Å². The highest BCUT2D eigenvalue weighted by molar-refractivity contribution is 7.12. The summed E-state index contributed by atoms with van der Waals surface area (Å²) in [6.07, 6.45) is 0. The zero-order chi connectivity index (χ0) is 14.6. The second-order valence-corrected chi connectivity index (χ2v) is 5.53. The Morgan fingerprint density at radius 3 is 2.47 bits per heavy atom. The van der Waals surface area contributed by atoms with Crippen LogP contribution in [0.5, 0.6) is 0 Å². The Balaban J connectivity index is 2.84. The van der Waals surface area contributed by atoms with Gasteiger partial charge in [0.15, 0.2) is 0 Å². The van der Waals surface area contributed by atoms with Gasteiger partial charge >= 0.3 is 5.97 Å². The van der Waals surface area contributed by atoms with Gasteiger partial charge in [-0.25, -0.2) is 4.79 Å².